The lowest BCUT2D eigenvalue weighted by molar-refractivity contribution is -0.151. The number of anilines is 1. The molecule has 0 saturated carbocycles. The molecule has 2 amide bonds. The molecule has 10 heteroatoms. The number of fused-ring (bicyclic) bond motifs is 1. The first-order valence-corrected chi connectivity index (χ1v) is 13.0. The number of amides is 2. The standard InChI is InChI=1S/C25H30BrClN2O6/c1-4-9-28(17-8-6-5-7-16(17)27)23(32)21-25-11-15(26)20(35-25)18(24(33)34)19(25)22(31)29(21)14(12-30)10-13(2)3/h4-8,13-15,18-21,30H,1,9-12H2,2-3H3,(H,33,34)/t14-,15?,18-,19+,20-,21?,25?/m1/s1. The van der Waals surface area contributed by atoms with Crippen LogP contribution < -0.4 is 4.90 Å². The summed E-state index contributed by atoms with van der Waals surface area (Å²) in [5, 5.41) is 20.7. The molecule has 3 aliphatic rings. The third-order valence-corrected chi connectivity index (χ3v) is 8.48. The monoisotopic (exact) mass is 568 g/mol. The van der Waals surface area contributed by atoms with E-state index in [9.17, 15) is 24.6 Å². The van der Waals surface area contributed by atoms with Crippen molar-refractivity contribution in [2.75, 3.05) is 18.1 Å². The fourth-order valence-electron chi connectivity index (χ4n) is 6.10. The average Bonchev–Trinajstić information content (AvgIpc) is 3.39. The summed E-state index contributed by atoms with van der Waals surface area (Å²) in [4.78, 5) is 43.1. The van der Waals surface area contributed by atoms with Crippen LogP contribution in [0, 0.1) is 17.8 Å². The van der Waals surface area contributed by atoms with Gasteiger partial charge < -0.3 is 24.7 Å². The highest BCUT2D eigenvalue weighted by atomic mass is 79.9. The highest BCUT2D eigenvalue weighted by Gasteiger charge is 2.77. The molecule has 4 rings (SSSR count). The average molecular weight is 570 g/mol. The Kier molecular flexibility index (Phi) is 7.35. The van der Waals surface area contributed by atoms with Crippen molar-refractivity contribution in [1.82, 2.24) is 4.90 Å². The van der Waals surface area contributed by atoms with Crippen LogP contribution in [-0.4, -0.2) is 74.7 Å². The Morgan fingerprint density at radius 2 is 2.09 bits per heavy atom. The minimum atomic E-state index is -1.33. The van der Waals surface area contributed by atoms with Crippen molar-refractivity contribution in [3.63, 3.8) is 0 Å². The van der Waals surface area contributed by atoms with Crippen molar-refractivity contribution in [3.05, 3.63) is 41.9 Å². The van der Waals surface area contributed by atoms with E-state index in [2.05, 4.69) is 22.5 Å². The third-order valence-electron chi connectivity index (χ3n) is 7.31. The highest BCUT2D eigenvalue weighted by molar-refractivity contribution is 9.09. The Balaban J connectivity index is 1.87. The molecule has 3 unspecified atom stereocenters. The Hall–Kier alpha value is -1.94. The minimum absolute atomic E-state index is 0.123. The summed E-state index contributed by atoms with van der Waals surface area (Å²) in [6.45, 7) is 7.46. The largest absolute Gasteiger partial charge is 0.481 e. The SMILES string of the molecule is C=CCN(C(=O)C1N([C@@H](CO)CC(C)C)C(=O)[C@@H]2[C@@H](C(=O)O)[C@@H]3OC12CC3Br)c1ccccc1Cl. The van der Waals surface area contributed by atoms with Crippen LogP contribution in [0.25, 0.3) is 0 Å². The molecule has 1 aromatic carbocycles. The van der Waals surface area contributed by atoms with Crippen LogP contribution in [0.1, 0.15) is 26.7 Å². The smallest absolute Gasteiger partial charge is 0.310 e. The number of alkyl halides is 1. The lowest BCUT2D eigenvalue weighted by Gasteiger charge is -2.40. The summed E-state index contributed by atoms with van der Waals surface area (Å²) in [6.07, 6.45) is 1.58. The molecule has 8 nitrogen and oxygen atoms in total. The van der Waals surface area contributed by atoms with E-state index in [1.807, 2.05) is 13.8 Å². The number of carbonyl (C=O) groups excluding carboxylic acids is 2. The maximum Gasteiger partial charge on any atom is 0.310 e. The number of nitrogens with zero attached hydrogens (tertiary/aromatic N) is 2. The summed E-state index contributed by atoms with van der Waals surface area (Å²) in [6, 6.07) is 5.09. The van der Waals surface area contributed by atoms with Gasteiger partial charge in [0.25, 0.3) is 5.91 Å². The van der Waals surface area contributed by atoms with Crippen LogP contribution in [-0.2, 0) is 19.1 Å². The van der Waals surface area contributed by atoms with Crippen molar-refractivity contribution < 1.29 is 29.3 Å². The quantitative estimate of drug-likeness (QED) is 0.350. The lowest BCUT2D eigenvalue weighted by atomic mass is 9.70. The van der Waals surface area contributed by atoms with E-state index in [1.165, 1.54) is 9.80 Å². The zero-order chi connectivity index (χ0) is 25.7. The zero-order valence-corrected chi connectivity index (χ0v) is 22.0. The number of aliphatic carboxylic acids is 1. The van der Waals surface area contributed by atoms with Gasteiger partial charge >= 0.3 is 5.97 Å². The number of aliphatic hydroxyl groups excluding tert-OH is 1. The van der Waals surface area contributed by atoms with Crippen LogP contribution in [0.5, 0.6) is 0 Å². The molecule has 0 aliphatic carbocycles. The molecular weight excluding hydrogens is 540 g/mol. The van der Waals surface area contributed by atoms with Gasteiger partial charge in [0.2, 0.25) is 5.91 Å². The number of carbonyl (C=O) groups is 3. The van der Waals surface area contributed by atoms with Crippen molar-refractivity contribution >= 4 is 51.0 Å². The maximum atomic E-state index is 14.4. The van der Waals surface area contributed by atoms with Gasteiger partial charge in [-0.05, 0) is 30.9 Å². The van der Waals surface area contributed by atoms with Crippen molar-refractivity contribution in [2.45, 2.75) is 55.3 Å². The second-order valence-corrected chi connectivity index (χ2v) is 11.5. The topological polar surface area (TPSA) is 107 Å². The van der Waals surface area contributed by atoms with Gasteiger partial charge in [-0.3, -0.25) is 14.4 Å². The van der Waals surface area contributed by atoms with Gasteiger partial charge in [0.05, 0.1) is 41.3 Å². The number of likely N-dealkylation sites (tertiary alicyclic amines) is 1. The van der Waals surface area contributed by atoms with E-state index < -0.39 is 53.4 Å². The molecule has 7 atom stereocenters. The molecule has 0 radical (unpaired) electrons. The van der Waals surface area contributed by atoms with E-state index in [4.69, 9.17) is 16.3 Å². The molecule has 1 aromatic rings. The molecule has 2 N–H and O–H groups in total. The molecule has 3 fully saturated rings. The number of rotatable bonds is 9. The summed E-state index contributed by atoms with van der Waals surface area (Å²) >= 11 is 9.98. The summed E-state index contributed by atoms with van der Waals surface area (Å²) in [5.41, 5.74) is -0.880. The predicted molar refractivity (Wildman–Crippen MR) is 135 cm³/mol. The van der Waals surface area contributed by atoms with Crippen LogP contribution in [0.3, 0.4) is 0 Å². The maximum absolute atomic E-state index is 14.4. The number of ether oxygens (including phenoxy) is 1. The van der Waals surface area contributed by atoms with Crippen molar-refractivity contribution in [1.29, 1.82) is 0 Å². The van der Waals surface area contributed by atoms with E-state index in [-0.39, 0.29) is 23.9 Å². The number of carboxylic acids is 1. The molecule has 1 spiro atoms. The van der Waals surface area contributed by atoms with Crippen LogP contribution in [0.2, 0.25) is 5.02 Å². The summed E-state index contributed by atoms with van der Waals surface area (Å²) in [7, 11) is 0. The number of hydrogen-bond donors (Lipinski definition) is 2. The van der Waals surface area contributed by atoms with Crippen LogP contribution in [0.15, 0.2) is 36.9 Å². The molecule has 2 bridgehead atoms. The van der Waals surface area contributed by atoms with Gasteiger partial charge in [0.1, 0.15) is 11.6 Å². The first-order chi connectivity index (χ1) is 16.6. The molecule has 0 aromatic heterocycles. The summed E-state index contributed by atoms with van der Waals surface area (Å²) < 4.78 is 6.32. The molecule has 3 saturated heterocycles. The fraction of sp³-hybridized carbons (Fsp3) is 0.560. The Labute approximate surface area is 218 Å². The van der Waals surface area contributed by atoms with Crippen molar-refractivity contribution in [3.8, 4) is 0 Å². The van der Waals surface area contributed by atoms with Crippen LogP contribution >= 0.6 is 27.5 Å². The number of hydrogen-bond acceptors (Lipinski definition) is 5. The minimum Gasteiger partial charge on any atom is -0.481 e. The first kappa shape index (κ1) is 26.1. The van der Waals surface area contributed by atoms with Gasteiger partial charge in [-0.1, -0.05) is 59.6 Å². The van der Waals surface area contributed by atoms with E-state index >= 15 is 0 Å². The highest BCUT2D eigenvalue weighted by Crippen LogP contribution is 2.60. The lowest BCUT2D eigenvalue weighted by Crippen LogP contribution is -2.59. The summed E-state index contributed by atoms with van der Waals surface area (Å²) in [5.74, 6) is -4.03. The van der Waals surface area contributed by atoms with Gasteiger partial charge in [0.15, 0.2) is 0 Å². The normalized spacial score (nSPS) is 32.1. The van der Waals surface area contributed by atoms with Gasteiger partial charge in [0, 0.05) is 11.4 Å². The van der Waals surface area contributed by atoms with E-state index in [0.29, 0.717) is 23.6 Å². The Morgan fingerprint density at radius 1 is 1.40 bits per heavy atom. The second kappa shape index (κ2) is 9.84. The molecule has 3 heterocycles. The van der Waals surface area contributed by atoms with Gasteiger partial charge in [-0.15, -0.1) is 6.58 Å². The zero-order valence-electron chi connectivity index (χ0n) is 19.6. The number of halogens is 2. The van der Waals surface area contributed by atoms with Crippen LogP contribution in [0.4, 0.5) is 5.69 Å². The van der Waals surface area contributed by atoms with E-state index in [0.717, 1.165) is 0 Å². The molecule has 35 heavy (non-hydrogen) atoms. The number of para-hydroxylation sites is 1. The fourth-order valence-corrected chi connectivity index (χ4v) is 7.28. The van der Waals surface area contributed by atoms with Crippen molar-refractivity contribution in [2.24, 2.45) is 17.8 Å². The van der Waals surface area contributed by atoms with Gasteiger partial charge in [-0.2, -0.15) is 0 Å². The molecule has 190 valence electrons. The number of aliphatic hydroxyl groups is 1. The Morgan fingerprint density at radius 3 is 2.66 bits per heavy atom. The number of benzene rings is 1. The first-order valence-electron chi connectivity index (χ1n) is 11.7. The number of carboxylic acid groups (broad SMARTS) is 1. The second-order valence-electron chi connectivity index (χ2n) is 9.90. The third kappa shape index (κ3) is 4.10. The predicted octanol–water partition coefficient (Wildman–Crippen LogP) is 3.10. The molecule has 3 aliphatic heterocycles. The van der Waals surface area contributed by atoms with E-state index in [1.54, 1.807) is 30.3 Å². The van der Waals surface area contributed by atoms with Gasteiger partial charge in [-0.25, -0.2) is 0 Å². The Bertz CT molecular complexity index is 1040. The molecular formula is C25H30BrClN2O6.